The maximum atomic E-state index is 14.1. The molecule has 1 aliphatic rings. The molecule has 20 heavy (non-hydrogen) atoms. The number of halogens is 1. The van der Waals surface area contributed by atoms with E-state index in [4.69, 9.17) is 17.0 Å². The van der Waals surface area contributed by atoms with Gasteiger partial charge in [-0.1, -0.05) is 30.3 Å². The summed E-state index contributed by atoms with van der Waals surface area (Å²) in [5.41, 5.74) is 1.73. The molecular formula is C16H14FNOS. The standard InChI is InChI=1S/C16H14FNOS/c1-16(2)11-7-3-5-9-13(11)18(15(20)19-16)14-10-6-4-8-12(14)17/h3-10H,1-2H3. The zero-order valence-corrected chi connectivity index (χ0v) is 12.1. The first kappa shape index (κ1) is 13.1. The van der Waals surface area contributed by atoms with Gasteiger partial charge >= 0.3 is 0 Å². The minimum absolute atomic E-state index is 0.263. The van der Waals surface area contributed by atoms with Crippen molar-refractivity contribution >= 4 is 28.8 Å². The summed E-state index contributed by atoms with van der Waals surface area (Å²) in [5, 5.41) is 0.263. The third-order valence-corrected chi connectivity index (χ3v) is 3.68. The fraction of sp³-hybridized carbons (Fsp3) is 0.188. The molecule has 0 unspecified atom stereocenters. The number of nitrogens with zero attached hydrogens (tertiary/aromatic N) is 1. The van der Waals surface area contributed by atoms with Crippen LogP contribution in [0.2, 0.25) is 0 Å². The molecule has 0 N–H and O–H groups in total. The minimum Gasteiger partial charge on any atom is -0.459 e. The van der Waals surface area contributed by atoms with E-state index in [1.807, 2.05) is 38.1 Å². The van der Waals surface area contributed by atoms with Crippen LogP contribution in [-0.4, -0.2) is 5.17 Å². The normalized spacial score (nSPS) is 16.6. The summed E-state index contributed by atoms with van der Waals surface area (Å²) in [7, 11) is 0. The molecule has 2 aromatic carbocycles. The second kappa shape index (κ2) is 4.56. The maximum Gasteiger partial charge on any atom is 0.269 e. The molecule has 0 saturated carbocycles. The number of hydrogen-bond acceptors (Lipinski definition) is 2. The Kier molecular flexibility index (Phi) is 2.98. The highest BCUT2D eigenvalue weighted by molar-refractivity contribution is 7.80. The summed E-state index contributed by atoms with van der Waals surface area (Å²) >= 11 is 5.33. The highest BCUT2D eigenvalue weighted by Crippen LogP contribution is 2.42. The molecule has 0 saturated heterocycles. The number of benzene rings is 2. The van der Waals surface area contributed by atoms with Crippen molar-refractivity contribution in [3.05, 3.63) is 59.9 Å². The van der Waals surface area contributed by atoms with Crippen LogP contribution in [0.5, 0.6) is 0 Å². The summed E-state index contributed by atoms with van der Waals surface area (Å²) in [4.78, 5) is 1.64. The van der Waals surface area contributed by atoms with E-state index in [1.54, 1.807) is 23.1 Å². The van der Waals surface area contributed by atoms with Gasteiger partial charge in [0.2, 0.25) is 0 Å². The van der Waals surface area contributed by atoms with E-state index in [9.17, 15) is 4.39 Å². The largest absolute Gasteiger partial charge is 0.459 e. The van der Waals surface area contributed by atoms with Gasteiger partial charge in [0, 0.05) is 5.56 Å². The third kappa shape index (κ3) is 1.96. The van der Waals surface area contributed by atoms with Gasteiger partial charge in [-0.2, -0.15) is 0 Å². The Morgan fingerprint density at radius 3 is 2.30 bits per heavy atom. The van der Waals surface area contributed by atoms with Crippen LogP contribution in [0.25, 0.3) is 0 Å². The number of fused-ring (bicyclic) bond motifs is 1. The number of hydrogen-bond donors (Lipinski definition) is 0. The molecule has 0 aliphatic carbocycles. The quantitative estimate of drug-likeness (QED) is 0.716. The van der Waals surface area contributed by atoms with Crippen LogP contribution in [0.15, 0.2) is 48.5 Å². The predicted octanol–water partition coefficient (Wildman–Crippen LogP) is 4.51. The Labute approximate surface area is 122 Å². The smallest absolute Gasteiger partial charge is 0.269 e. The zero-order valence-electron chi connectivity index (χ0n) is 11.3. The number of thiocarbonyl (C=S) groups is 1. The third-order valence-electron chi connectivity index (χ3n) is 3.41. The van der Waals surface area contributed by atoms with Gasteiger partial charge in [-0.3, -0.25) is 4.90 Å². The van der Waals surface area contributed by atoms with Crippen molar-refractivity contribution in [3.63, 3.8) is 0 Å². The Hall–Kier alpha value is -1.94. The SMILES string of the molecule is CC1(C)OC(=S)N(c2ccccc2F)c2ccccc21. The van der Waals surface area contributed by atoms with Gasteiger partial charge in [0.05, 0.1) is 11.4 Å². The second-order valence-electron chi connectivity index (χ2n) is 5.18. The van der Waals surface area contributed by atoms with Crippen LogP contribution in [0, 0.1) is 5.82 Å². The van der Waals surface area contributed by atoms with Gasteiger partial charge in [0.15, 0.2) is 0 Å². The van der Waals surface area contributed by atoms with Crippen LogP contribution in [0.3, 0.4) is 0 Å². The lowest BCUT2D eigenvalue weighted by Crippen LogP contribution is -2.40. The van der Waals surface area contributed by atoms with Gasteiger partial charge < -0.3 is 4.74 Å². The van der Waals surface area contributed by atoms with E-state index in [-0.39, 0.29) is 11.0 Å². The fourth-order valence-electron chi connectivity index (χ4n) is 2.46. The van der Waals surface area contributed by atoms with Crippen LogP contribution in [-0.2, 0) is 10.3 Å². The van der Waals surface area contributed by atoms with Crippen molar-refractivity contribution in [2.75, 3.05) is 4.90 Å². The first-order valence-corrected chi connectivity index (χ1v) is 6.79. The molecule has 0 radical (unpaired) electrons. The van der Waals surface area contributed by atoms with Gasteiger partial charge in [0.1, 0.15) is 11.4 Å². The molecule has 2 nitrogen and oxygen atoms in total. The van der Waals surface area contributed by atoms with Crippen LogP contribution >= 0.6 is 12.2 Å². The predicted molar refractivity (Wildman–Crippen MR) is 81.7 cm³/mol. The first-order chi connectivity index (χ1) is 9.50. The highest BCUT2D eigenvalue weighted by Gasteiger charge is 2.37. The van der Waals surface area contributed by atoms with E-state index >= 15 is 0 Å². The first-order valence-electron chi connectivity index (χ1n) is 6.38. The van der Waals surface area contributed by atoms with E-state index in [2.05, 4.69) is 0 Å². The molecule has 1 aliphatic heterocycles. The summed E-state index contributed by atoms with van der Waals surface area (Å²) in [5.74, 6) is -0.326. The van der Waals surface area contributed by atoms with E-state index in [0.29, 0.717) is 5.69 Å². The molecule has 2 aromatic rings. The van der Waals surface area contributed by atoms with Crippen molar-refractivity contribution in [3.8, 4) is 0 Å². The Balaban J connectivity index is 2.22. The molecule has 3 rings (SSSR count). The molecule has 0 bridgehead atoms. The topological polar surface area (TPSA) is 12.5 Å². The van der Waals surface area contributed by atoms with Crippen molar-refractivity contribution in [2.24, 2.45) is 0 Å². The summed E-state index contributed by atoms with van der Waals surface area (Å²) in [6.45, 7) is 3.91. The van der Waals surface area contributed by atoms with Gasteiger partial charge in [0.25, 0.3) is 5.17 Å². The maximum absolute atomic E-state index is 14.1. The van der Waals surface area contributed by atoms with Gasteiger partial charge in [-0.05, 0) is 44.3 Å². The minimum atomic E-state index is -0.518. The zero-order chi connectivity index (χ0) is 14.3. The molecule has 0 atom stereocenters. The molecule has 0 spiro atoms. The van der Waals surface area contributed by atoms with Crippen molar-refractivity contribution < 1.29 is 9.13 Å². The molecule has 1 heterocycles. The summed E-state index contributed by atoms with van der Waals surface area (Å²) in [6.07, 6.45) is 0. The number of anilines is 2. The molecular weight excluding hydrogens is 273 g/mol. The lowest BCUT2D eigenvalue weighted by atomic mass is 9.94. The van der Waals surface area contributed by atoms with Crippen molar-refractivity contribution in [1.29, 1.82) is 0 Å². The monoisotopic (exact) mass is 287 g/mol. The lowest BCUT2D eigenvalue weighted by molar-refractivity contribution is 0.0911. The van der Waals surface area contributed by atoms with Crippen molar-refractivity contribution in [2.45, 2.75) is 19.4 Å². The van der Waals surface area contributed by atoms with E-state index in [0.717, 1.165) is 11.3 Å². The van der Waals surface area contributed by atoms with Crippen molar-refractivity contribution in [1.82, 2.24) is 0 Å². The average molecular weight is 287 g/mol. The summed E-state index contributed by atoms with van der Waals surface area (Å²) in [6, 6.07) is 14.3. The molecule has 4 heteroatoms. The van der Waals surface area contributed by atoms with E-state index < -0.39 is 5.60 Å². The Morgan fingerprint density at radius 1 is 1.00 bits per heavy atom. The van der Waals surface area contributed by atoms with Crippen LogP contribution in [0.1, 0.15) is 19.4 Å². The van der Waals surface area contributed by atoms with Crippen LogP contribution in [0.4, 0.5) is 15.8 Å². The Morgan fingerprint density at radius 2 is 1.60 bits per heavy atom. The average Bonchev–Trinajstić information content (AvgIpc) is 2.40. The number of ether oxygens (including phenoxy) is 1. The molecule has 102 valence electrons. The molecule has 0 fully saturated rings. The lowest BCUT2D eigenvalue weighted by Gasteiger charge is -2.40. The molecule has 0 amide bonds. The highest BCUT2D eigenvalue weighted by atomic mass is 32.1. The van der Waals surface area contributed by atoms with Gasteiger partial charge in [-0.15, -0.1) is 0 Å². The number of para-hydroxylation sites is 2. The second-order valence-corrected chi connectivity index (χ2v) is 5.53. The van der Waals surface area contributed by atoms with Gasteiger partial charge in [-0.25, -0.2) is 4.39 Å². The van der Waals surface area contributed by atoms with Crippen LogP contribution < -0.4 is 4.90 Å². The summed E-state index contributed by atoms with van der Waals surface area (Å²) < 4.78 is 19.9. The fourth-order valence-corrected chi connectivity index (χ4v) is 2.86. The Bertz CT molecular complexity index is 684. The van der Waals surface area contributed by atoms with E-state index in [1.165, 1.54) is 6.07 Å². The molecule has 0 aromatic heterocycles. The number of rotatable bonds is 1.